The minimum atomic E-state index is -4.36. The lowest BCUT2D eigenvalue weighted by Gasteiger charge is -2.36. The van der Waals surface area contributed by atoms with Crippen LogP contribution in [0.2, 0.25) is 0 Å². The standard InChI is InChI=1S/C25H31F3N4OS/c26-25(27,28)18-6-3-7-19(14-18)31-10-12-32(13-11-31)24(33)22-16-34-23(30-22)20-8-9-29-15-21(20)17-4-1-2-5-17/h3,6-7,14,16-17,20-21,29H,1-2,4-5,8-13,15H2. The van der Waals surface area contributed by atoms with Crippen LogP contribution >= 0.6 is 11.3 Å². The number of hydrogen-bond acceptors (Lipinski definition) is 5. The van der Waals surface area contributed by atoms with Crippen LogP contribution in [0.4, 0.5) is 18.9 Å². The third kappa shape index (κ3) is 4.96. The number of piperazine rings is 1. The van der Waals surface area contributed by atoms with Gasteiger partial charge in [-0.3, -0.25) is 4.79 Å². The molecule has 34 heavy (non-hydrogen) atoms. The molecule has 1 aliphatic carbocycles. The first-order valence-corrected chi connectivity index (χ1v) is 13.2. The highest BCUT2D eigenvalue weighted by molar-refractivity contribution is 7.09. The molecule has 3 aliphatic rings. The number of nitrogens with zero attached hydrogens (tertiary/aromatic N) is 3. The average Bonchev–Trinajstić information content (AvgIpc) is 3.56. The van der Waals surface area contributed by atoms with E-state index in [9.17, 15) is 18.0 Å². The first-order chi connectivity index (χ1) is 16.4. The molecule has 184 valence electrons. The predicted molar refractivity (Wildman–Crippen MR) is 127 cm³/mol. The van der Waals surface area contributed by atoms with Gasteiger partial charge < -0.3 is 15.1 Å². The maximum absolute atomic E-state index is 13.2. The number of piperidine rings is 1. The highest BCUT2D eigenvalue weighted by Crippen LogP contribution is 2.42. The first-order valence-electron chi connectivity index (χ1n) is 12.3. The Morgan fingerprint density at radius 2 is 1.85 bits per heavy atom. The minimum absolute atomic E-state index is 0.0717. The van der Waals surface area contributed by atoms with E-state index in [-0.39, 0.29) is 5.91 Å². The molecule has 1 saturated carbocycles. The van der Waals surface area contributed by atoms with Gasteiger partial charge in [0.1, 0.15) is 5.69 Å². The van der Waals surface area contributed by atoms with Gasteiger partial charge in [-0.05, 0) is 49.5 Å². The Hall–Kier alpha value is -2.13. The van der Waals surface area contributed by atoms with E-state index in [0.717, 1.165) is 36.5 Å². The lowest BCUT2D eigenvalue weighted by molar-refractivity contribution is -0.137. The highest BCUT2D eigenvalue weighted by atomic mass is 32.1. The molecule has 5 nitrogen and oxygen atoms in total. The van der Waals surface area contributed by atoms with Crippen LogP contribution in [0.15, 0.2) is 29.6 Å². The first kappa shape index (κ1) is 23.6. The number of carbonyl (C=O) groups is 1. The summed E-state index contributed by atoms with van der Waals surface area (Å²) in [6.45, 7) is 3.98. The molecule has 5 rings (SSSR count). The number of rotatable bonds is 4. The van der Waals surface area contributed by atoms with Gasteiger partial charge in [0, 0.05) is 43.2 Å². The normalized spacial score (nSPS) is 24.6. The molecule has 9 heteroatoms. The molecule has 1 aromatic carbocycles. The van der Waals surface area contributed by atoms with E-state index in [1.165, 1.54) is 37.8 Å². The smallest absolute Gasteiger partial charge is 0.368 e. The Morgan fingerprint density at radius 3 is 2.59 bits per heavy atom. The van der Waals surface area contributed by atoms with Crippen LogP contribution in [0.3, 0.4) is 0 Å². The number of carbonyl (C=O) groups excluding carboxylic acids is 1. The Bertz CT molecular complexity index is 996. The number of aromatic nitrogens is 1. The molecule has 1 amide bonds. The van der Waals surface area contributed by atoms with Gasteiger partial charge in [-0.25, -0.2) is 4.98 Å². The van der Waals surface area contributed by atoms with E-state index in [1.807, 2.05) is 10.3 Å². The van der Waals surface area contributed by atoms with E-state index in [0.29, 0.717) is 49.4 Å². The maximum Gasteiger partial charge on any atom is 0.416 e. The molecule has 2 unspecified atom stereocenters. The lowest BCUT2D eigenvalue weighted by atomic mass is 9.77. The fourth-order valence-electron chi connectivity index (χ4n) is 5.83. The molecule has 0 bridgehead atoms. The van der Waals surface area contributed by atoms with Crippen molar-refractivity contribution >= 4 is 22.9 Å². The summed E-state index contributed by atoms with van der Waals surface area (Å²) in [6.07, 6.45) is 1.95. The topological polar surface area (TPSA) is 48.5 Å². The number of thiazole rings is 1. The van der Waals surface area contributed by atoms with Crippen LogP contribution in [-0.2, 0) is 6.18 Å². The van der Waals surface area contributed by atoms with Crippen LogP contribution in [-0.4, -0.2) is 55.1 Å². The Morgan fingerprint density at radius 1 is 1.09 bits per heavy atom. The van der Waals surface area contributed by atoms with Gasteiger partial charge in [0.2, 0.25) is 0 Å². The van der Waals surface area contributed by atoms with E-state index < -0.39 is 11.7 Å². The number of benzene rings is 1. The zero-order valence-corrected chi connectivity index (χ0v) is 20.0. The van der Waals surface area contributed by atoms with Gasteiger partial charge in [-0.2, -0.15) is 13.2 Å². The van der Waals surface area contributed by atoms with E-state index in [1.54, 1.807) is 22.3 Å². The molecule has 1 aromatic heterocycles. The summed E-state index contributed by atoms with van der Waals surface area (Å²) in [5.74, 6) is 1.71. The third-order valence-electron chi connectivity index (χ3n) is 7.70. The fourth-order valence-corrected chi connectivity index (χ4v) is 6.84. The van der Waals surface area contributed by atoms with Crippen LogP contribution in [0, 0.1) is 11.8 Å². The number of anilines is 1. The van der Waals surface area contributed by atoms with Crippen molar-refractivity contribution < 1.29 is 18.0 Å². The van der Waals surface area contributed by atoms with Crippen LogP contribution in [0.25, 0.3) is 0 Å². The highest BCUT2D eigenvalue weighted by Gasteiger charge is 2.36. The van der Waals surface area contributed by atoms with Crippen molar-refractivity contribution in [3.63, 3.8) is 0 Å². The molecular formula is C25H31F3N4OS. The molecule has 0 radical (unpaired) electrons. The summed E-state index contributed by atoms with van der Waals surface area (Å²) in [5.41, 5.74) is 0.408. The summed E-state index contributed by atoms with van der Waals surface area (Å²) >= 11 is 1.61. The second-order valence-corrected chi connectivity index (χ2v) is 10.6. The Balaban J connectivity index is 1.22. The van der Waals surface area contributed by atoms with Crippen molar-refractivity contribution in [3.8, 4) is 0 Å². The van der Waals surface area contributed by atoms with Crippen molar-refractivity contribution in [1.82, 2.24) is 15.2 Å². The zero-order valence-electron chi connectivity index (χ0n) is 19.2. The monoisotopic (exact) mass is 492 g/mol. The van der Waals surface area contributed by atoms with E-state index in [4.69, 9.17) is 4.98 Å². The number of amides is 1. The Kier molecular flexibility index (Phi) is 6.84. The molecule has 2 atom stereocenters. The third-order valence-corrected chi connectivity index (χ3v) is 8.67. The summed E-state index contributed by atoms with van der Waals surface area (Å²) in [5, 5.41) is 6.54. The summed E-state index contributed by atoms with van der Waals surface area (Å²) in [6, 6.07) is 5.40. The average molecular weight is 493 g/mol. The van der Waals surface area contributed by atoms with Crippen molar-refractivity contribution in [3.05, 3.63) is 45.9 Å². The van der Waals surface area contributed by atoms with Crippen LogP contribution < -0.4 is 10.2 Å². The predicted octanol–water partition coefficient (Wildman–Crippen LogP) is 5.01. The molecule has 1 N–H and O–H groups in total. The van der Waals surface area contributed by atoms with Gasteiger partial charge in [0.15, 0.2) is 0 Å². The molecule has 2 aromatic rings. The quantitative estimate of drug-likeness (QED) is 0.652. The summed E-state index contributed by atoms with van der Waals surface area (Å²) in [4.78, 5) is 21.6. The second-order valence-electron chi connectivity index (χ2n) is 9.71. The van der Waals surface area contributed by atoms with Gasteiger partial charge >= 0.3 is 6.18 Å². The van der Waals surface area contributed by atoms with Crippen LogP contribution in [0.5, 0.6) is 0 Å². The van der Waals surface area contributed by atoms with Crippen molar-refractivity contribution in [2.24, 2.45) is 11.8 Å². The molecule has 2 saturated heterocycles. The van der Waals surface area contributed by atoms with Crippen LogP contribution in [0.1, 0.15) is 59.1 Å². The number of hydrogen-bond donors (Lipinski definition) is 1. The van der Waals surface area contributed by atoms with Gasteiger partial charge in [-0.15, -0.1) is 11.3 Å². The van der Waals surface area contributed by atoms with Crippen molar-refractivity contribution in [1.29, 1.82) is 0 Å². The van der Waals surface area contributed by atoms with Crippen molar-refractivity contribution in [2.75, 3.05) is 44.2 Å². The van der Waals surface area contributed by atoms with Gasteiger partial charge in [-0.1, -0.05) is 31.7 Å². The Labute approximate surface area is 202 Å². The molecule has 2 aliphatic heterocycles. The molecule has 0 spiro atoms. The number of halogens is 3. The van der Waals surface area contributed by atoms with E-state index in [2.05, 4.69) is 5.32 Å². The molecule has 3 heterocycles. The van der Waals surface area contributed by atoms with E-state index >= 15 is 0 Å². The zero-order chi connectivity index (χ0) is 23.7. The summed E-state index contributed by atoms with van der Waals surface area (Å²) in [7, 11) is 0. The molecule has 3 fully saturated rings. The summed E-state index contributed by atoms with van der Waals surface area (Å²) < 4.78 is 39.2. The number of nitrogens with one attached hydrogen (secondary N) is 1. The lowest BCUT2D eigenvalue weighted by Crippen LogP contribution is -2.49. The molecular weight excluding hydrogens is 461 g/mol. The van der Waals surface area contributed by atoms with Crippen molar-refractivity contribution in [2.45, 2.75) is 44.2 Å². The second kappa shape index (κ2) is 9.85. The SMILES string of the molecule is O=C(c1csc(C2CCNCC2C2CCCC2)n1)N1CCN(c2cccc(C(F)(F)F)c2)CC1. The maximum atomic E-state index is 13.2. The van der Waals surface area contributed by atoms with Gasteiger partial charge in [0.05, 0.1) is 10.6 Å². The largest absolute Gasteiger partial charge is 0.416 e. The fraction of sp³-hybridized carbons (Fsp3) is 0.600. The van der Waals surface area contributed by atoms with Gasteiger partial charge in [0.25, 0.3) is 5.91 Å². The number of alkyl halides is 3. The minimum Gasteiger partial charge on any atom is -0.368 e.